The van der Waals surface area contributed by atoms with Gasteiger partial charge < -0.3 is 5.32 Å². The van der Waals surface area contributed by atoms with Crippen LogP contribution in [0.2, 0.25) is 5.02 Å². The molecule has 0 saturated carbocycles. The van der Waals surface area contributed by atoms with Crippen LogP contribution in [-0.2, 0) is 13.1 Å². The molecule has 0 fully saturated rings. The SMILES string of the molecule is CCC(CC)n1ccc(CNCc2ccc(F)c(Cl)c2)n1. The molecule has 2 aromatic rings. The van der Waals surface area contributed by atoms with E-state index in [4.69, 9.17) is 11.6 Å². The van der Waals surface area contributed by atoms with Crippen LogP contribution in [0.5, 0.6) is 0 Å². The molecule has 1 N–H and O–H groups in total. The average molecular weight is 310 g/mol. The van der Waals surface area contributed by atoms with E-state index in [9.17, 15) is 4.39 Å². The molecule has 1 aromatic carbocycles. The second kappa shape index (κ2) is 7.57. The molecule has 0 unspecified atom stereocenters. The highest BCUT2D eigenvalue weighted by atomic mass is 35.5. The zero-order chi connectivity index (χ0) is 15.2. The van der Waals surface area contributed by atoms with E-state index in [2.05, 4.69) is 24.3 Å². The Kier molecular flexibility index (Phi) is 5.76. The number of hydrogen-bond acceptors (Lipinski definition) is 2. The molecule has 0 aliphatic carbocycles. The van der Waals surface area contributed by atoms with Crippen molar-refractivity contribution in [2.75, 3.05) is 0 Å². The van der Waals surface area contributed by atoms with Gasteiger partial charge in [0.15, 0.2) is 0 Å². The summed E-state index contributed by atoms with van der Waals surface area (Å²) in [6.07, 6.45) is 4.20. The van der Waals surface area contributed by atoms with Crippen LogP contribution in [0, 0.1) is 5.82 Å². The first-order valence-electron chi connectivity index (χ1n) is 7.32. The summed E-state index contributed by atoms with van der Waals surface area (Å²) in [5, 5.41) is 8.04. The Morgan fingerprint density at radius 3 is 2.67 bits per heavy atom. The van der Waals surface area contributed by atoms with Crippen LogP contribution in [0.1, 0.15) is 44.0 Å². The maximum absolute atomic E-state index is 13.1. The van der Waals surface area contributed by atoms with E-state index in [1.54, 1.807) is 12.1 Å². The van der Waals surface area contributed by atoms with Crippen LogP contribution in [0.4, 0.5) is 4.39 Å². The predicted octanol–water partition coefficient (Wildman–Crippen LogP) is 4.33. The first-order chi connectivity index (χ1) is 10.1. The van der Waals surface area contributed by atoms with Gasteiger partial charge in [-0.3, -0.25) is 4.68 Å². The first kappa shape index (κ1) is 16.0. The van der Waals surface area contributed by atoms with Crippen molar-refractivity contribution >= 4 is 11.6 Å². The van der Waals surface area contributed by atoms with Crippen LogP contribution >= 0.6 is 11.6 Å². The molecule has 0 bridgehead atoms. The molecule has 1 aromatic heterocycles. The highest BCUT2D eigenvalue weighted by Gasteiger charge is 2.07. The smallest absolute Gasteiger partial charge is 0.141 e. The van der Waals surface area contributed by atoms with E-state index in [-0.39, 0.29) is 10.8 Å². The Labute approximate surface area is 130 Å². The number of hydrogen-bond donors (Lipinski definition) is 1. The van der Waals surface area contributed by atoms with Gasteiger partial charge in [0.1, 0.15) is 5.82 Å². The molecule has 2 rings (SSSR count). The fraction of sp³-hybridized carbons (Fsp3) is 0.438. The number of aromatic nitrogens is 2. The quantitative estimate of drug-likeness (QED) is 0.825. The molecular weight excluding hydrogens is 289 g/mol. The van der Waals surface area contributed by atoms with Gasteiger partial charge in [-0.2, -0.15) is 5.10 Å². The number of benzene rings is 1. The second-order valence-corrected chi connectivity index (χ2v) is 5.52. The minimum absolute atomic E-state index is 0.160. The van der Waals surface area contributed by atoms with Gasteiger partial charge in [0.05, 0.1) is 16.8 Å². The third-order valence-electron chi connectivity index (χ3n) is 3.60. The summed E-state index contributed by atoms with van der Waals surface area (Å²) < 4.78 is 15.1. The predicted molar refractivity (Wildman–Crippen MR) is 83.8 cm³/mol. The van der Waals surface area contributed by atoms with Crippen molar-refractivity contribution in [1.29, 1.82) is 0 Å². The largest absolute Gasteiger partial charge is 0.307 e. The zero-order valence-corrected chi connectivity index (χ0v) is 13.2. The van der Waals surface area contributed by atoms with Crippen molar-refractivity contribution in [3.05, 3.63) is 52.6 Å². The summed E-state index contributed by atoms with van der Waals surface area (Å²) in [5.74, 6) is -0.385. The molecule has 0 amide bonds. The summed E-state index contributed by atoms with van der Waals surface area (Å²) >= 11 is 5.76. The van der Waals surface area contributed by atoms with Gasteiger partial charge in [-0.15, -0.1) is 0 Å². The lowest BCUT2D eigenvalue weighted by molar-refractivity contribution is 0.424. The van der Waals surface area contributed by atoms with Gasteiger partial charge >= 0.3 is 0 Å². The number of rotatable bonds is 7. The van der Waals surface area contributed by atoms with Gasteiger partial charge in [-0.05, 0) is 36.6 Å². The van der Waals surface area contributed by atoms with Gasteiger partial charge in [-0.25, -0.2) is 4.39 Å². The topological polar surface area (TPSA) is 29.9 Å². The van der Waals surface area contributed by atoms with E-state index in [0.29, 0.717) is 19.1 Å². The van der Waals surface area contributed by atoms with Crippen LogP contribution in [0.25, 0.3) is 0 Å². The fourth-order valence-electron chi connectivity index (χ4n) is 2.32. The molecular formula is C16H21ClFN3. The molecule has 3 nitrogen and oxygen atoms in total. The Hall–Kier alpha value is -1.39. The Morgan fingerprint density at radius 1 is 1.24 bits per heavy atom. The molecule has 21 heavy (non-hydrogen) atoms. The standard InChI is InChI=1S/C16H21ClFN3/c1-3-14(4-2)21-8-7-13(20-21)11-19-10-12-5-6-16(18)15(17)9-12/h5-9,14,19H,3-4,10-11H2,1-2H3. The molecule has 0 aliphatic heterocycles. The van der Waals surface area contributed by atoms with Crippen molar-refractivity contribution in [3.8, 4) is 0 Å². The van der Waals surface area contributed by atoms with E-state index < -0.39 is 0 Å². The molecule has 0 aliphatic rings. The summed E-state index contributed by atoms with van der Waals surface area (Å²) in [5.41, 5.74) is 1.97. The molecule has 5 heteroatoms. The summed E-state index contributed by atoms with van der Waals surface area (Å²) in [6.45, 7) is 5.66. The average Bonchev–Trinajstić information content (AvgIpc) is 2.93. The third-order valence-corrected chi connectivity index (χ3v) is 3.89. The summed E-state index contributed by atoms with van der Waals surface area (Å²) in [6, 6.07) is 7.27. The maximum atomic E-state index is 13.1. The lowest BCUT2D eigenvalue weighted by Gasteiger charge is -2.12. The van der Waals surface area contributed by atoms with Gasteiger partial charge in [0.2, 0.25) is 0 Å². The van der Waals surface area contributed by atoms with E-state index >= 15 is 0 Å². The summed E-state index contributed by atoms with van der Waals surface area (Å²) in [7, 11) is 0. The zero-order valence-electron chi connectivity index (χ0n) is 12.4. The van der Waals surface area contributed by atoms with Crippen LogP contribution in [-0.4, -0.2) is 9.78 Å². The van der Waals surface area contributed by atoms with Crippen molar-refractivity contribution in [2.45, 2.75) is 45.8 Å². The van der Waals surface area contributed by atoms with Crippen LogP contribution in [0.3, 0.4) is 0 Å². The van der Waals surface area contributed by atoms with Gasteiger partial charge in [0, 0.05) is 19.3 Å². The van der Waals surface area contributed by atoms with Crippen molar-refractivity contribution in [2.24, 2.45) is 0 Å². The van der Waals surface area contributed by atoms with E-state index in [1.807, 2.05) is 16.9 Å². The monoisotopic (exact) mass is 309 g/mol. The molecule has 0 spiro atoms. The highest BCUT2D eigenvalue weighted by molar-refractivity contribution is 6.30. The van der Waals surface area contributed by atoms with Crippen LogP contribution in [0.15, 0.2) is 30.5 Å². The van der Waals surface area contributed by atoms with E-state index in [0.717, 1.165) is 24.1 Å². The van der Waals surface area contributed by atoms with Crippen molar-refractivity contribution in [1.82, 2.24) is 15.1 Å². The molecule has 114 valence electrons. The lowest BCUT2D eigenvalue weighted by Crippen LogP contribution is -2.14. The van der Waals surface area contributed by atoms with Crippen molar-refractivity contribution in [3.63, 3.8) is 0 Å². The minimum Gasteiger partial charge on any atom is -0.307 e. The number of nitrogens with zero attached hydrogens (tertiary/aromatic N) is 2. The Bertz CT molecular complexity index is 579. The maximum Gasteiger partial charge on any atom is 0.141 e. The van der Waals surface area contributed by atoms with Crippen molar-refractivity contribution < 1.29 is 4.39 Å². The molecule has 0 radical (unpaired) electrons. The lowest BCUT2D eigenvalue weighted by atomic mass is 10.2. The Morgan fingerprint density at radius 2 is 2.00 bits per heavy atom. The van der Waals surface area contributed by atoms with E-state index in [1.165, 1.54) is 6.07 Å². The van der Waals surface area contributed by atoms with Crippen LogP contribution < -0.4 is 5.32 Å². The number of nitrogens with one attached hydrogen (secondary N) is 1. The van der Waals surface area contributed by atoms with Gasteiger partial charge in [-0.1, -0.05) is 31.5 Å². The fourth-order valence-corrected chi connectivity index (χ4v) is 2.53. The normalized spacial score (nSPS) is 11.3. The molecule has 0 saturated heterocycles. The highest BCUT2D eigenvalue weighted by Crippen LogP contribution is 2.16. The Balaban J connectivity index is 1.87. The molecule has 1 heterocycles. The molecule has 0 atom stereocenters. The number of halogens is 2. The summed E-state index contributed by atoms with van der Waals surface area (Å²) in [4.78, 5) is 0. The first-order valence-corrected chi connectivity index (χ1v) is 7.70. The van der Waals surface area contributed by atoms with Gasteiger partial charge in [0.25, 0.3) is 0 Å². The minimum atomic E-state index is -0.385. The third kappa shape index (κ3) is 4.29. The second-order valence-electron chi connectivity index (χ2n) is 5.11.